The summed E-state index contributed by atoms with van der Waals surface area (Å²) in [4.78, 5) is 0. The Hall–Kier alpha value is -0.120. The van der Waals surface area contributed by atoms with E-state index in [1.807, 2.05) is 7.11 Å². The van der Waals surface area contributed by atoms with Gasteiger partial charge in [0.25, 0.3) is 0 Å². The fraction of sp³-hybridized carbons (Fsp3) is 1.00. The van der Waals surface area contributed by atoms with Gasteiger partial charge < -0.3 is 14.8 Å². The van der Waals surface area contributed by atoms with Crippen LogP contribution in [0.4, 0.5) is 0 Å². The predicted octanol–water partition coefficient (Wildman–Crippen LogP) is 2.24. The summed E-state index contributed by atoms with van der Waals surface area (Å²) in [5.41, 5.74) is 0. The Morgan fingerprint density at radius 1 is 0.824 bits per heavy atom. The van der Waals surface area contributed by atoms with Crippen molar-refractivity contribution in [3.8, 4) is 0 Å². The number of nitrogens with one attached hydrogen (secondary N) is 1. The molecule has 98 valence electrons. The first kappa shape index (κ1) is 11.9. The van der Waals surface area contributed by atoms with Crippen LogP contribution in [0.2, 0.25) is 0 Å². The lowest BCUT2D eigenvalue weighted by Crippen LogP contribution is -2.43. The van der Waals surface area contributed by atoms with Crippen molar-refractivity contribution in [1.29, 1.82) is 0 Å². The molecule has 1 aliphatic carbocycles. The molecular weight excluding hydrogens is 214 g/mol. The van der Waals surface area contributed by atoms with Crippen molar-refractivity contribution in [3.05, 3.63) is 0 Å². The number of fused-ring (bicyclic) bond motifs is 2. The van der Waals surface area contributed by atoms with Gasteiger partial charge in [0, 0.05) is 19.2 Å². The second kappa shape index (κ2) is 5.25. The minimum atomic E-state index is 0.437. The van der Waals surface area contributed by atoms with Gasteiger partial charge in [-0.05, 0) is 51.4 Å². The number of methoxy groups -OCH3 is 1. The molecule has 1 N–H and O–H groups in total. The highest BCUT2D eigenvalue weighted by atomic mass is 16.5. The molecule has 2 heterocycles. The topological polar surface area (TPSA) is 30.5 Å². The quantitative estimate of drug-likeness (QED) is 0.819. The lowest BCUT2D eigenvalue weighted by molar-refractivity contribution is -0.0779. The first-order chi connectivity index (χ1) is 8.33. The van der Waals surface area contributed by atoms with Gasteiger partial charge in [0.15, 0.2) is 0 Å². The molecule has 3 fully saturated rings. The van der Waals surface area contributed by atoms with E-state index in [9.17, 15) is 0 Å². The molecule has 3 aliphatic rings. The Balaban J connectivity index is 1.49. The summed E-state index contributed by atoms with van der Waals surface area (Å²) < 4.78 is 11.8. The second-order valence-electron chi connectivity index (χ2n) is 6.01. The van der Waals surface area contributed by atoms with Gasteiger partial charge in [-0.15, -0.1) is 0 Å². The Morgan fingerprint density at radius 2 is 1.53 bits per heavy atom. The summed E-state index contributed by atoms with van der Waals surface area (Å²) in [5.74, 6) is 0. The highest BCUT2D eigenvalue weighted by molar-refractivity contribution is 4.93. The summed E-state index contributed by atoms with van der Waals surface area (Å²) in [6, 6.07) is 1.47. The number of hydrogen-bond acceptors (Lipinski definition) is 3. The molecular formula is C14H25NO2. The highest BCUT2D eigenvalue weighted by Gasteiger charge is 2.35. The fourth-order valence-corrected chi connectivity index (χ4v) is 3.83. The summed E-state index contributed by atoms with van der Waals surface area (Å²) >= 11 is 0. The average Bonchev–Trinajstić information content (AvgIpc) is 2.69. The molecule has 0 aromatic carbocycles. The zero-order chi connectivity index (χ0) is 11.7. The van der Waals surface area contributed by atoms with Crippen LogP contribution >= 0.6 is 0 Å². The van der Waals surface area contributed by atoms with Crippen LogP contribution in [0.15, 0.2) is 0 Å². The fourth-order valence-electron chi connectivity index (χ4n) is 3.83. The molecule has 3 nitrogen and oxygen atoms in total. The van der Waals surface area contributed by atoms with Crippen molar-refractivity contribution in [2.24, 2.45) is 0 Å². The van der Waals surface area contributed by atoms with E-state index in [0.717, 1.165) is 18.5 Å². The van der Waals surface area contributed by atoms with Crippen molar-refractivity contribution in [2.45, 2.75) is 81.8 Å². The van der Waals surface area contributed by atoms with Gasteiger partial charge in [-0.3, -0.25) is 0 Å². The van der Waals surface area contributed by atoms with Crippen LogP contribution in [-0.2, 0) is 9.47 Å². The van der Waals surface area contributed by atoms with E-state index in [0.29, 0.717) is 18.3 Å². The molecule has 0 spiro atoms. The maximum atomic E-state index is 6.33. The molecule has 2 aliphatic heterocycles. The Kier molecular flexibility index (Phi) is 3.69. The van der Waals surface area contributed by atoms with Gasteiger partial charge in [-0.1, -0.05) is 0 Å². The van der Waals surface area contributed by atoms with Crippen molar-refractivity contribution < 1.29 is 9.47 Å². The van der Waals surface area contributed by atoms with Gasteiger partial charge in [0.2, 0.25) is 0 Å². The van der Waals surface area contributed by atoms with Crippen molar-refractivity contribution in [3.63, 3.8) is 0 Å². The molecule has 0 aromatic rings. The third-order valence-corrected chi connectivity index (χ3v) is 4.73. The normalized spacial score (nSPS) is 46.1. The number of piperidine rings is 1. The van der Waals surface area contributed by atoms with Crippen LogP contribution in [0.25, 0.3) is 0 Å². The van der Waals surface area contributed by atoms with E-state index >= 15 is 0 Å². The minimum Gasteiger partial charge on any atom is -0.381 e. The summed E-state index contributed by atoms with van der Waals surface area (Å²) in [6.07, 6.45) is 11.4. The summed E-state index contributed by atoms with van der Waals surface area (Å²) in [7, 11) is 1.83. The summed E-state index contributed by atoms with van der Waals surface area (Å²) in [5, 5.41) is 3.67. The molecule has 0 amide bonds. The van der Waals surface area contributed by atoms with Gasteiger partial charge in [-0.2, -0.15) is 0 Å². The van der Waals surface area contributed by atoms with E-state index < -0.39 is 0 Å². The van der Waals surface area contributed by atoms with Gasteiger partial charge in [0.1, 0.15) is 0 Å². The van der Waals surface area contributed by atoms with Gasteiger partial charge in [-0.25, -0.2) is 0 Å². The highest BCUT2D eigenvalue weighted by Crippen LogP contribution is 2.32. The standard InChI is InChI=1S/C14H25NO2/c1-16-12-3-2-4-13(9-12)17-14-7-10-5-6-11(8-14)15-10/h10-15H,2-9H2,1H3. The first-order valence-corrected chi connectivity index (χ1v) is 7.28. The second-order valence-corrected chi connectivity index (χ2v) is 6.01. The lowest BCUT2D eigenvalue weighted by atomic mass is 9.94. The van der Waals surface area contributed by atoms with Crippen LogP contribution < -0.4 is 5.32 Å². The molecule has 2 bridgehead atoms. The first-order valence-electron chi connectivity index (χ1n) is 7.28. The third-order valence-electron chi connectivity index (χ3n) is 4.73. The van der Waals surface area contributed by atoms with E-state index in [4.69, 9.17) is 9.47 Å². The number of hydrogen-bond donors (Lipinski definition) is 1. The molecule has 1 saturated carbocycles. The zero-order valence-corrected chi connectivity index (χ0v) is 10.9. The van der Waals surface area contributed by atoms with Gasteiger partial charge in [0.05, 0.1) is 18.3 Å². The third kappa shape index (κ3) is 2.83. The Morgan fingerprint density at radius 3 is 2.24 bits per heavy atom. The van der Waals surface area contributed by atoms with E-state index in [1.54, 1.807) is 0 Å². The molecule has 4 unspecified atom stereocenters. The molecule has 0 aromatic heterocycles. The van der Waals surface area contributed by atoms with Crippen LogP contribution in [-0.4, -0.2) is 37.5 Å². The largest absolute Gasteiger partial charge is 0.381 e. The maximum Gasteiger partial charge on any atom is 0.0608 e. The Labute approximate surface area is 104 Å². The average molecular weight is 239 g/mol. The van der Waals surface area contributed by atoms with Crippen LogP contribution in [0.1, 0.15) is 51.4 Å². The lowest BCUT2D eigenvalue weighted by Gasteiger charge is -2.35. The van der Waals surface area contributed by atoms with Crippen LogP contribution in [0, 0.1) is 0 Å². The smallest absolute Gasteiger partial charge is 0.0608 e. The summed E-state index contributed by atoms with van der Waals surface area (Å²) in [6.45, 7) is 0. The Bertz CT molecular complexity index is 247. The zero-order valence-electron chi connectivity index (χ0n) is 10.9. The SMILES string of the molecule is COC1CCCC(OC2CC3CCC(C2)N3)C1. The van der Waals surface area contributed by atoms with E-state index in [1.165, 1.54) is 44.9 Å². The van der Waals surface area contributed by atoms with Crippen LogP contribution in [0.5, 0.6) is 0 Å². The maximum absolute atomic E-state index is 6.33. The number of ether oxygens (including phenoxy) is 2. The van der Waals surface area contributed by atoms with Crippen molar-refractivity contribution in [1.82, 2.24) is 5.32 Å². The molecule has 4 atom stereocenters. The van der Waals surface area contributed by atoms with E-state index in [2.05, 4.69) is 5.32 Å². The van der Waals surface area contributed by atoms with Crippen molar-refractivity contribution >= 4 is 0 Å². The molecule has 0 radical (unpaired) electrons. The monoisotopic (exact) mass is 239 g/mol. The van der Waals surface area contributed by atoms with Gasteiger partial charge >= 0.3 is 0 Å². The molecule has 3 heteroatoms. The van der Waals surface area contributed by atoms with E-state index in [-0.39, 0.29) is 0 Å². The molecule has 17 heavy (non-hydrogen) atoms. The van der Waals surface area contributed by atoms with Crippen LogP contribution in [0.3, 0.4) is 0 Å². The molecule has 3 rings (SSSR count). The molecule has 2 saturated heterocycles. The minimum absolute atomic E-state index is 0.437. The number of rotatable bonds is 3. The van der Waals surface area contributed by atoms with Crippen molar-refractivity contribution in [2.75, 3.05) is 7.11 Å². The predicted molar refractivity (Wildman–Crippen MR) is 67.1 cm³/mol.